The number of oxazole rings is 1. The fourth-order valence-corrected chi connectivity index (χ4v) is 2.17. The molecule has 0 saturated heterocycles. The van der Waals surface area contributed by atoms with E-state index in [2.05, 4.69) is 47.0 Å². The van der Waals surface area contributed by atoms with E-state index in [1.54, 1.807) is 6.07 Å². The van der Waals surface area contributed by atoms with Crippen LogP contribution in [0.5, 0.6) is 0 Å². The molecule has 1 aromatic heterocycles. The molecule has 0 amide bonds. The van der Waals surface area contributed by atoms with Gasteiger partial charge in [-0.05, 0) is 54.9 Å². The standard InChI is InChI=1S/C14H16BrFN2O/c1-14(2,3)18-7-12-13(19-8-17-12)10-5-4-9(16)6-11(10)15/h4-6,8,18H,7H2,1-3H3. The van der Waals surface area contributed by atoms with Gasteiger partial charge in [-0.25, -0.2) is 9.37 Å². The summed E-state index contributed by atoms with van der Waals surface area (Å²) < 4.78 is 19.2. The highest BCUT2D eigenvalue weighted by molar-refractivity contribution is 9.10. The van der Waals surface area contributed by atoms with E-state index in [9.17, 15) is 4.39 Å². The molecule has 0 aliphatic rings. The van der Waals surface area contributed by atoms with Crippen molar-refractivity contribution in [3.63, 3.8) is 0 Å². The van der Waals surface area contributed by atoms with E-state index in [4.69, 9.17) is 4.42 Å². The minimum Gasteiger partial charge on any atom is -0.443 e. The first-order chi connectivity index (χ1) is 8.87. The molecule has 0 spiro atoms. The molecular weight excluding hydrogens is 311 g/mol. The van der Waals surface area contributed by atoms with Crippen LogP contribution in [0.25, 0.3) is 11.3 Å². The van der Waals surface area contributed by atoms with Crippen molar-refractivity contribution >= 4 is 15.9 Å². The van der Waals surface area contributed by atoms with Crippen LogP contribution in [-0.2, 0) is 6.54 Å². The highest BCUT2D eigenvalue weighted by Crippen LogP contribution is 2.31. The molecule has 102 valence electrons. The third kappa shape index (κ3) is 3.64. The Morgan fingerprint density at radius 2 is 2.11 bits per heavy atom. The monoisotopic (exact) mass is 326 g/mol. The summed E-state index contributed by atoms with van der Waals surface area (Å²) >= 11 is 3.35. The Morgan fingerprint density at radius 1 is 1.37 bits per heavy atom. The predicted octanol–water partition coefficient (Wildman–Crippen LogP) is 4.13. The molecule has 0 aliphatic carbocycles. The van der Waals surface area contributed by atoms with Gasteiger partial charge in [0.2, 0.25) is 0 Å². The fourth-order valence-electron chi connectivity index (χ4n) is 1.64. The van der Waals surface area contributed by atoms with Crippen LogP contribution in [0.3, 0.4) is 0 Å². The molecule has 3 nitrogen and oxygen atoms in total. The van der Waals surface area contributed by atoms with Crippen LogP contribution >= 0.6 is 15.9 Å². The van der Waals surface area contributed by atoms with Crippen molar-refractivity contribution in [1.82, 2.24) is 10.3 Å². The maximum Gasteiger partial charge on any atom is 0.181 e. The Bertz CT molecular complexity index is 575. The minimum absolute atomic E-state index is 0.00372. The van der Waals surface area contributed by atoms with Crippen LogP contribution in [0.1, 0.15) is 26.5 Å². The van der Waals surface area contributed by atoms with E-state index in [1.165, 1.54) is 18.5 Å². The van der Waals surface area contributed by atoms with Crippen molar-refractivity contribution in [2.75, 3.05) is 0 Å². The first-order valence-electron chi connectivity index (χ1n) is 5.99. The molecular formula is C14H16BrFN2O. The van der Waals surface area contributed by atoms with Crippen molar-refractivity contribution in [1.29, 1.82) is 0 Å². The summed E-state index contributed by atoms with van der Waals surface area (Å²) in [6, 6.07) is 4.50. The highest BCUT2D eigenvalue weighted by Gasteiger charge is 2.16. The molecule has 1 heterocycles. The average Bonchev–Trinajstić information content (AvgIpc) is 2.73. The van der Waals surface area contributed by atoms with Crippen molar-refractivity contribution in [2.24, 2.45) is 0 Å². The number of halogens is 2. The number of rotatable bonds is 3. The summed E-state index contributed by atoms with van der Waals surface area (Å²) in [6.45, 7) is 6.85. The van der Waals surface area contributed by atoms with Gasteiger partial charge in [0.15, 0.2) is 12.2 Å². The first kappa shape index (κ1) is 14.2. The van der Waals surface area contributed by atoms with Crippen LogP contribution in [-0.4, -0.2) is 10.5 Å². The summed E-state index contributed by atoms with van der Waals surface area (Å²) in [5.41, 5.74) is 1.60. The average molecular weight is 327 g/mol. The van der Waals surface area contributed by atoms with E-state index >= 15 is 0 Å². The minimum atomic E-state index is -0.287. The van der Waals surface area contributed by atoms with Gasteiger partial charge < -0.3 is 9.73 Å². The van der Waals surface area contributed by atoms with Gasteiger partial charge in [0.1, 0.15) is 11.5 Å². The van der Waals surface area contributed by atoms with E-state index in [-0.39, 0.29) is 11.4 Å². The second kappa shape index (κ2) is 5.43. The van der Waals surface area contributed by atoms with E-state index in [0.29, 0.717) is 16.8 Å². The van der Waals surface area contributed by atoms with Gasteiger partial charge in [-0.3, -0.25) is 0 Å². The number of nitrogens with zero attached hydrogens (tertiary/aromatic N) is 1. The molecule has 2 rings (SSSR count). The number of hydrogen-bond donors (Lipinski definition) is 1. The zero-order chi connectivity index (χ0) is 14.0. The van der Waals surface area contributed by atoms with Gasteiger partial charge in [0, 0.05) is 22.1 Å². The lowest BCUT2D eigenvalue weighted by atomic mass is 10.1. The van der Waals surface area contributed by atoms with E-state index in [1.807, 2.05) is 0 Å². The molecule has 0 fully saturated rings. The summed E-state index contributed by atoms with van der Waals surface area (Å²) in [6.07, 6.45) is 1.41. The molecule has 0 unspecified atom stereocenters. The van der Waals surface area contributed by atoms with Crippen molar-refractivity contribution in [3.8, 4) is 11.3 Å². The zero-order valence-corrected chi connectivity index (χ0v) is 12.7. The van der Waals surface area contributed by atoms with Gasteiger partial charge >= 0.3 is 0 Å². The normalized spacial score (nSPS) is 11.8. The van der Waals surface area contributed by atoms with Gasteiger partial charge in [-0.15, -0.1) is 0 Å². The Hall–Kier alpha value is -1.20. The number of aromatic nitrogens is 1. The second-order valence-electron chi connectivity index (χ2n) is 5.36. The summed E-state index contributed by atoms with van der Waals surface area (Å²) in [4.78, 5) is 4.22. The summed E-state index contributed by atoms with van der Waals surface area (Å²) in [5, 5.41) is 3.35. The lowest BCUT2D eigenvalue weighted by Gasteiger charge is -2.19. The first-order valence-corrected chi connectivity index (χ1v) is 6.79. The molecule has 1 N–H and O–H groups in total. The lowest BCUT2D eigenvalue weighted by molar-refractivity contribution is 0.421. The van der Waals surface area contributed by atoms with Crippen molar-refractivity contribution in [3.05, 3.63) is 40.6 Å². The smallest absolute Gasteiger partial charge is 0.181 e. The van der Waals surface area contributed by atoms with E-state index in [0.717, 1.165) is 11.3 Å². The van der Waals surface area contributed by atoms with Crippen LogP contribution in [0.2, 0.25) is 0 Å². The predicted molar refractivity (Wildman–Crippen MR) is 76.2 cm³/mol. The Kier molecular flexibility index (Phi) is 4.06. The fraction of sp³-hybridized carbons (Fsp3) is 0.357. The maximum atomic E-state index is 13.1. The molecule has 0 aliphatic heterocycles. The topological polar surface area (TPSA) is 38.1 Å². The Labute approximate surface area is 120 Å². The lowest BCUT2D eigenvalue weighted by Crippen LogP contribution is -2.35. The van der Waals surface area contributed by atoms with Gasteiger partial charge in [0.25, 0.3) is 0 Å². The molecule has 0 radical (unpaired) electrons. The Morgan fingerprint density at radius 3 is 2.74 bits per heavy atom. The van der Waals surface area contributed by atoms with Crippen LogP contribution in [0.4, 0.5) is 4.39 Å². The number of hydrogen-bond acceptors (Lipinski definition) is 3. The molecule has 5 heteroatoms. The van der Waals surface area contributed by atoms with Crippen LogP contribution in [0, 0.1) is 5.82 Å². The van der Waals surface area contributed by atoms with Gasteiger partial charge in [-0.2, -0.15) is 0 Å². The summed E-state index contributed by atoms with van der Waals surface area (Å²) in [7, 11) is 0. The molecule has 1 aromatic carbocycles. The summed E-state index contributed by atoms with van der Waals surface area (Å²) in [5.74, 6) is 0.369. The third-order valence-electron chi connectivity index (χ3n) is 2.60. The quantitative estimate of drug-likeness (QED) is 0.921. The zero-order valence-electron chi connectivity index (χ0n) is 11.1. The third-order valence-corrected chi connectivity index (χ3v) is 3.26. The number of nitrogens with one attached hydrogen (secondary N) is 1. The largest absolute Gasteiger partial charge is 0.443 e. The molecule has 0 bridgehead atoms. The van der Waals surface area contributed by atoms with Gasteiger partial charge in [0.05, 0.1) is 0 Å². The van der Waals surface area contributed by atoms with Gasteiger partial charge in [-0.1, -0.05) is 0 Å². The Balaban J connectivity index is 2.28. The molecule has 0 saturated carbocycles. The maximum absolute atomic E-state index is 13.1. The molecule has 19 heavy (non-hydrogen) atoms. The van der Waals surface area contributed by atoms with Crippen LogP contribution in [0.15, 0.2) is 33.5 Å². The van der Waals surface area contributed by atoms with Crippen LogP contribution < -0.4 is 5.32 Å². The number of benzene rings is 1. The van der Waals surface area contributed by atoms with Crippen molar-refractivity contribution in [2.45, 2.75) is 32.9 Å². The molecule has 2 aromatic rings. The van der Waals surface area contributed by atoms with Crippen molar-refractivity contribution < 1.29 is 8.81 Å². The SMILES string of the molecule is CC(C)(C)NCc1ncoc1-c1ccc(F)cc1Br. The molecule has 0 atom stereocenters. The highest BCUT2D eigenvalue weighted by atomic mass is 79.9. The second-order valence-corrected chi connectivity index (χ2v) is 6.21. The van der Waals surface area contributed by atoms with E-state index < -0.39 is 0 Å².